The van der Waals surface area contributed by atoms with Gasteiger partial charge < -0.3 is 14.9 Å². The summed E-state index contributed by atoms with van der Waals surface area (Å²) < 4.78 is 21.5. The molecule has 2 aliphatic rings. The van der Waals surface area contributed by atoms with E-state index in [1.807, 2.05) is 17.8 Å². The number of allylic oxidation sites excluding steroid dienone is 2. The van der Waals surface area contributed by atoms with Crippen molar-refractivity contribution >= 4 is 29.4 Å². The zero-order valence-corrected chi connectivity index (χ0v) is 16.1. The van der Waals surface area contributed by atoms with Crippen LogP contribution < -0.4 is 4.74 Å². The SMILES string of the molecule is Oc1c2c(c(O)n1-c1cc(OCC3=CCCSC3)c(Cl)cc1F)CCC=C2. The maximum Gasteiger partial charge on any atom is 0.206 e. The van der Waals surface area contributed by atoms with E-state index < -0.39 is 5.82 Å². The molecule has 0 unspecified atom stereocenters. The molecule has 0 saturated heterocycles. The van der Waals surface area contributed by atoms with Crippen molar-refractivity contribution < 1.29 is 19.3 Å². The first-order valence-corrected chi connectivity index (χ1v) is 10.3. The van der Waals surface area contributed by atoms with Gasteiger partial charge in [-0.3, -0.25) is 0 Å². The Morgan fingerprint density at radius 3 is 2.81 bits per heavy atom. The Bertz CT molecular complexity index is 951. The first-order valence-electron chi connectivity index (χ1n) is 8.76. The zero-order valence-electron chi connectivity index (χ0n) is 14.5. The third kappa shape index (κ3) is 3.44. The minimum absolute atomic E-state index is 0.000742. The van der Waals surface area contributed by atoms with Gasteiger partial charge in [-0.2, -0.15) is 11.8 Å². The molecule has 27 heavy (non-hydrogen) atoms. The number of hydrogen-bond donors (Lipinski definition) is 2. The number of hydrogen-bond acceptors (Lipinski definition) is 4. The molecule has 0 bridgehead atoms. The average Bonchev–Trinajstić information content (AvgIpc) is 2.93. The number of thioether (sulfide) groups is 1. The van der Waals surface area contributed by atoms with Crippen LogP contribution in [-0.4, -0.2) is 32.9 Å². The maximum absolute atomic E-state index is 14.6. The predicted octanol–water partition coefficient (Wildman–Crippen LogP) is 5.08. The molecule has 0 amide bonds. The van der Waals surface area contributed by atoms with Gasteiger partial charge in [0.05, 0.1) is 10.7 Å². The Kier molecular flexibility index (Phi) is 5.10. The molecule has 0 fully saturated rings. The van der Waals surface area contributed by atoms with E-state index in [0.717, 1.165) is 35.0 Å². The predicted molar refractivity (Wildman–Crippen MR) is 107 cm³/mol. The molecular weight excluding hydrogens is 389 g/mol. The van der Waals surface area contributed by atoms with Crippen LogP contribution in [0.1, 0.15) is 24.0 Å². The quantitative estimate of drug-likeness (QED) is 0.694. The van der Waals surface area contributed by atoms with Crippen LogP contribution in [-0.2, 0) is 6.42 Å². The summed E-state index contributed by atoms with van der Waals surface area (Å²) in [6.07, 6.45) is 8.16. The number of halogens is 2. The smallest absolute Gasteiger partial charge is 0.206 e. The number of aromatic hydroxyl groups is 2. The third-order valence-corrected chi connectivity index (χ3v) is 6.14. The number of aromatic nitrogens is 1. The van der Waals surface area contributed by atoms with Gasteiger partial charge in [-0.1, -0.05) is 29.8 Å². The van der Waals surface area contributed by atoms with Crippen LogP contribution in [0.5, 0.6) is 17.5 Å². The molecule has 0 spiro atoms. The van der Waals surface area contributed by atoms with Crippen molar-refractivity contribution in [2.75, 3.05) is 18.1 Å². The summed E-state index contributed by atoms with van der Waals surface area (Å²) in [6, 6.07) is 2.56. The second kappa shape index (κ2) is 7.52. The lowest BCUT2D eigenvalue weighted by Crippen LogP contribution is -2.08. The molecule has 0 atom stereocenters. The fraction of sp³-hybridized carbons (Fsp3) is 0.300. The first kappa shape index (κ1) is 18.3. The lowest BCUT2D eigenvalue weighted by Gasteiger charge is -2.16. The van der Waals surface area contributed by atoms with Crippen molar-refractivity contribution in [3.63, 3.8) is 0 Å². The second-order valence-electron chi connectivity index (χ2n) is 6.54. The third-order valence-electron chi connectivity index (χ3n) is 4.74. The summed E-state index contributed by atoms with van der Waals surface area (Å²) >= 11 is 8.00. The van der Waals surface area contributed by atoms with Crippen LogP contribution in [0.4, 0.5) is 4.39 Å². The molecule has 7 heteroatoms. The zero-order chi connectivity index (χ0) is 19.0. The van der Waals surface area contributed by atoms with Crippen LogP contribution in [0.3, 0.4) is 0 Å². The number of ether oxygens (including phenoxy) is 1. The largest absolute Gasteiger partial charge is 0.494 e. The van der Waals surface area contributed by atoms with E-state index in [9.17, 15) is 14.6 Å². The van der Waals surface area contributed by atoms with Gasteiger partial charge in [0.25, 0.3) is 0 Å². The van der Waals surface area contributed by atoms with Crippen LogP contribution in [0, 0.1) is 5.82 Å². The summed E-state index contributed by atoms with van der Waals surface area (Å²) in [5.41, 5.74) is 2.29. The van der Waals surface area contributed by atoms with E-state index >= 15 is 0 Å². The summed E-state index contributed by atoms with van der Waals surface area (Å²) in [4.78, 5) is 0. The average molecular weight is 408 g/mol. The molecule has 0 saturated carbocycles. The molecule has 1 aromatic heterocycles. The summed E-state index contributed by atoms with van der Waals surface area (Å²) in [7, 11) is 0. The van der Waals surface area contributed by atoms with E-state index in [2.05, 4.69) is 6.08 Å². The van der Waals surface area contributed by atoms with Gasteiger partial charge in [0.1, 0.15) is 18.2 Å². The van der Waals surface area contributed by atoms with Crippen molar-refractivity contribution in [3.05, 3.63) is 51.8 Å². The number of benzene rings is 1. The highest BCUT2D eigenvalue weighted by atomic mass is 35.5. The van der Waals surface area contributed by atoms with E-state index in [0.29, 0.717) is 29.9 Å². The Morgan fingerprint density at radius 1 is 1.22 bits per heavy atom. The van der Waals surface area contributed by atoms with Crippen molar-refractivity contribution in [1.82, 2.24) is 4.57 Å². The maximum atomic E-state index is 14.6. The lowest BCUT2D eigenvalue weighted by atomic mass is 10.0. The molecule has 2 aromatic rings. The van der Waals surface area contributed by atoms with Gasteiger partial charge in [0.2, 0.25) is 11.8 Å². The summed E-state index contributed by atoms with van der Waals surface area (Å²) in [5, 5.41) is 21.2. The molecule has 1 aliphatic heterocycles. The van der Waals surface area contributed by atoms with Gasteiger partial charge in [-0.05, 0) is 36.7 Å². The molecule has 4 rings (SSSR count). The van der Waals surface area contributed by atoms with Gasteiger partial charge in [-0.25, -0.2) is 8.96 Å². The van der Waals surface area contributed by atoms with Gasteiger partial charge in [-0.15, -0.1) is 0 Å². The molecule has 2 heterocycles. The molecular formula is C20H19ClFNO3S. The van der Waals surface area contributed by atoms with Gasteiger partial charge in [0.15, 0.2) is 0 Å². The van der Waals surface area contributed by atoms with Crippen molar-refractivity contribution in [2.45, 2.75) is 19.3 Å². The van der Waals surface area contributed by atoms with E-state index in [1.165, 1.54) is 11.6 Å². The van der Waals surface area contributed by atoms with Gasteiger partial charge >= 0.3 is 0 Å². The first-order chi connectivity index (χ1) is 13.1. The Morgan fingerprint density at radius 2 is 2.07 bits per heavy atom. The van der Waals surface area contributed by atoms with Crippen molar-refractivity contribution in [2.24, 2.45) is 0 Å². The van der Waals surface area contributed by atoms with Crippen molar-refractivity contribution in [3.8, 4) is 23.2 Å². The fourth-order valence-electron chi connectivity index (χ4n) is 3.37. The molecule has 0 radical (unpaired) electrons. The second-order valence-corrected chi connectivity index (χ2v) is 8.05. The highest BCUT2D eigenvalue weighted by molar-refractivity contribution is 7.99. The Balaban J connectivity index is 1.71. The molecule has 1 aromatic carbocycles. The van der Waals surface area contributed by atoms with Gasteiger partial charge in [0, 0.05) is 22.9 Å². The summed E-state index contributed by atoms with van der Waals surface area (Å²) in [6.45, 7) is 0.376. The van der Waals surface area contributed by atoms with Crippen LogP contribution in [0.25, 0.3) is 11.8 Å². The Hall–Kier alpha value is -2.05. The highest BCUT2D eigenvalue weighted by Gasteiger charge is 2.25. The molecule has 1 aliphatic carbocycles. The van der Waals surface area contributed by atoms with E-state index in [-0.39, 0.29) is 22.5 Å². The number of nitrogens with zero attached hydrogens (tertiary/aromatic N) is 1. The van der Waals surface area contributed by atoms with E-state index in [1.54, 1.807) is 6.08 Å². The van der Waals surface area contributed by atoms with E-state index in [4.69, 9.17) is 16.3 Å². The normalized spacial score (nSPS) is 16.1. The minimum Gasteiger partial charge on any atom is -0.494 e. The molecule has 2 N–H and O–H groups in total. The molecule has 4 nitrogen and oxygen atoms in total. The lowest BCUT2D eigenvalue weighted by molar-refractivity contribution is 0.350. The van der Waals surface area contributed by atoms with Crippen molar-refractivity contribution in [1.29, 1.82) is 0 Å². The van der Waals surface area contributed by atoms with Crippen LogP contribution in [0.15, 0.2) is 29.9 Å². The number of rotatable bonds is 4. The fourth-order valence-corrected chi connectivity index (χ4v) is 4.47. The minimum atomic E-state index is -0.651. The van der Waals surface area contributed by atoms with Crippen LogP contribution in [0.2, 0.25) is 5.02 Å². The number of fused-ring (bicyclic) bond motifs is 1. The summed E-state index contributed by atoms with van der Waals surface area (Å²) in [5.74, 6) is 1.31. The monoisotopic (exact) mass is 407 g/mol. The standard InChI is InChI=1S/C20H19ClFNO3S/c21-15-8-16(22)17(9-18(15)26-10-12-4-3-7-27-11-12)23-19(24)13-5-1-2-6-14(13)20(23)25/h1,4-5,8-9,24-25H,2-3,6-7,10-11H2. The highest BCUT2D eigenvalue weighted by Crippen LogP contribution is 2.42. The molecule has 142 valence electrons. The Labute approximate surface area is 165 Å². The van der Waals surface area contributed by atoms with Crippen LogP contribution >= 0.6 is 23.4 Å². The topological polar surface area (TPSA) is 54.6 Å².